The second-order valence-electron chi connectivity index (χ2n) is 6.10. The third kappa shape index (κ3) is 3.24. The Kier molecular flexibility index (Phi) is 4.66. The van der Waals surface area contributed by atoms with Gasteiger partial charge >= 0.3 is 0 Å². The van der Waals surface area contributed by atoms with E-state index >= 15 is 0 Å². The molecule has 0 atom stereocenters. The highest BCUT2D eigenvalue weighted by Crippen LogP contribution is 2.25. The molecule has 0 saturated carbocycles. The van der Waals surface area contributed by atoms with E-state index in [4.69, 9.17) is 0 Å². The van der Waals surface area contributed by atoms with Gasteiger partial charge in [-0.2, -0.15) is 0 Å². The highest BCUT2D eigenvalue weighted by atomic mass is 15.1. The number of rotatable bonds is 5. The van der Waals surface area contributed by atoms with Crippen molar-refractivity contribution in [3.8, 4) is 0 Å². The molecule has 3 aromatic carbocycles. The van der Waals surface area contributed by atoms with Gasteiger partial charge in [0.1, 0.15) is 0 Å². The van der Waals surface area contributed by atoms with Crippen molar-refractivity contribution in [1.82, 2.24) is 0 Å². The fraction of sp³-hybridized carbons (Fsp3) is 0.273. The number of aryl methyl sites for hydroxylation is 1. The summed E-state index contributed by atoms with van der Waals surface area (Å²) in [6, 6.07) is 22.1. The topological polar surface area (TPSA) is 3.24 Å². The van der Waals surface area contributed by atoms with Gasteiger partial charge in [0, 0.05) is 18.8 Å². The summed E-state index contributed by atoms with van der Waals surface area (Å²) < 4.78 is 0. The van der Waals surface area contributed by atoms with E-state index in [1.165, 1.54) is 33.2 Å². The van der Waals surface area contributed by atoms with Crippen molar-refractivity contribution < 1.29 is 0 Å². The summed E-state index contributed by atoms with van der Waals surface area (Å²) in [7, 11) is 0. The summed E-state index contributed by atoms with van der Waals surface area (Å²) in [5.41, 5.74) is 5.52. The van der Waals surface area contributed by atoms with Crippen LogP contribution in [0.3, 0.4) is 0 Å². The van der Waals surface area contributed by atoms with Crippen molar-refractivity contribution in [3.63, 3.8) is 0 Å². The predicted molar refractivity (Wildman–Crippen MR) is 101 cm³/mol. The maximum absolute atomic E-state index is 2.40. The zero-order valence-corrected chi connectivity index (χ0v) is 14.3. The third-order valence-electron chi connectivity index (χ3n) is 4.72. The van der Waals surface area contributed by atoms with E-state index in [0.29, 0.717) is 0 Å². The van der Waals surface area contributed by atoms with Crippen LogP contribution in [-0.4, -0.2) is 13.1 Å². The van der Waals surface area contributed by atoms with Crippen LogP contribution >= 0.6 is 0 Å². The maximum Gasteiger partial charge on any atom is 0.0368 e. The number of anilines is 1. The first-order valence-electron chi connectivity index (χ1n) is 8.54. The van der Waals surface area contributed by atoms with Crippen LogP contribution in [0.2, 0.25) is 0 Å². The number of hydrogen-bond donors (Lipinski definition) is 0. The van der Waals surface area contributed by atoms with Gasteiger partial charge in [-0.1, -0.05) is 48.5 Å². The van der Waals surface area contributed by atoms with E-state index in [1.807, 2.05) is 0 Å². The van der Waals surface area contributed by atoms with Crippen molar-refractivity contribution in [3.05, 3.63) is 77.4 Å². The van der Waals surface area contributed by atoms with Gasteiger partial charge in [0.25, 0.3) is 0 Å². The number of benzene rings is 3. The van der Waals surface area contributed by atoms with Crippen molar-refractivity contribution in [2.45, 2.75) is 27.2 Å². The van der Waals surface area contributed by atoms with E-state index in [2.05, 4.69) is 86.3 Å². The molecule has 23 heavy (non-hydrogen) atoms. The van der Waals surface area contributed by atoms with Crippen LogP contribution in [0.1, 0.15) is 30.5 Å². The van der Waals surface area contributed by atoms with Crippen LogP contribution in [0.15, 0.2) is 60.7 Å². The molecule has 0 N–H and O–H groups in total. The molecule has 0 bridgehead atoms. The molecule has 0 spiro atoms. The number of fused-ring (bicyclic) bond motifs is 1. The zero-order chi connectivity index (χ0) is 16.2. The summed E-state index contributed by atoms with van der Waals surface area (Å²) in [4.78, 5) is 2.40. The summed E-state index contributed by atoms with van der Waals surface area (Å²) >= 11 is 0. The first-order chi connectivity index (χ1) is 11.2. The molecule has 1 nitrogen and oxygen atoms in total. The van der Waals surface area contributed by atoms with Crippen molar-refractivity contribution in [2.75, 3.05) is 18.0 Å². The van der Waals surface area contributed by atoms with Gasteiger partial charge in [-0.05, 0) is 66.8 Å². The molecule has 0 saturated heterocycles. The smallest absolute Gasteiger partial charge is 0.0368 e. The van der Waals surface area contributed by atoms with Gasteiger partial charge in [-0.25, -0.2) is 0 Å². The van der Waals surface area contributed by atoms with E-state index in [-0.39, 0.29) is 0 Å². The maximum atomic E-state index is 2.40. The van der Waals surface area contributed by atoms with Gasteiger partial charge in [-0.15, -0.1) is 0 Å². The van der Waals surface area contributed by atoms with Crippen LogP contribution < -0.4 is 4.90 Å². The minimum atomic E-state index is 0.992. The minimum Gasteiger partial charge on any atom is -0.372 e. The SMILES string of the molecule is CCN(CC)c1ccc(Cc2cccc3ccccc23)c(C)c1. The lowest BCUT2D eigenvalue weighted by molar-refractivity contribution is 0.865. The van der Waals surface area contributed by atoms with Crippen molar-refractivity contribution in [1.29, 1.82) is 0 Å². The highest BCUT2D eigenvalue weighted by Gasteiger charge is 2.07. The van der Waals surface area contributed by atoms with Crippen LogP contribution in [0.25, 0.3) is 10.8 Å². The second-order valence-corrected chi connectivity index (χ2v) is 6.10. The molecule has 1 heteroatoms. The molecule has 0 amide bonds. The first-order valence-corrected chi connectivity index (χ1v) is 8.54. The summed E-state index contributed by atoms with van der Waals surface area (Å²) in [5, 5.41) is 2.68. The predicted octanol–water partition coefficient (Wildman–Crippen LogP) is 5.59. The molecule has 0 fully saturated rings. The van der Waals surface area contributed by atoms with Gasteiger partial charge < -0.3 is 4.90 Å². The van der Waals surface area contributed by atoms with Crippen LogP contribution in [0.5, 0.6) is 0 Å². The Balaban J connectivity index is 1.93. The third-order valence-corrected chi connectivity index (χ3v) is 4.72. The van der Waals surface area contributed by atoms with Crippen LogP contribution in [-0.2, 0) is 6.42 Å². The highest BCUT2D eigenvalue weighted by molar-refractivity contribution is 5.86. The lowest BCUT2D eigenvalue weighted by Crippen LogP contribution is -2.21. The minimum absolute atomic E-state index is 0.992. The van der Waals surface area contributed by atoms with Gasteiger partial charge in [0.05, 0.1) is 0 Å². The molecule has 0 radical (unpaired) electrons. The lowest BCUT2D eigenvalue weighted by atomic mass is 9.96. The standard InChI is InChI=1S/C22H25N/c1-4-23(5-2)21-14-13-19(17(3)15-21)16-20-11-8-10-18-9-6-7-12-22(18)20/h6-15H,4-5,16H2,1-3H3. The summed E-state index contributed by atoms with van der Waals surface area (Å²) in [6.45, 7) is 8.76. The van der Waals surface area contributed by atoms with E-state index in [9.17, 15) is 0 Å². The average Bonchev–Trinajstić information content (AvgIpc) is 2.58. The summed E-state index contributed by atoms with van der Waals surface area (Å²) in [5.74, 6) is 0. The summed E-state index contributed by atoms with van der Waals surface area (Å²) in [6.07, 6.45) is 0.992. The molecule has 0 heterocycles. The molecule has 3 aromatic rings. The molecule has 3 rings (SSSR count). The fourth-order valence-corrected chi connectivity index (χ4v) is 3.32. The zero-order valence-electron chi connectivity index (χ0n) is 14.3. The van der Waals surface area contributed by atoms with Crippen LogP contribution in [0, 0.1) is 6.92 Å². The second kappa shape index (κ2) is 6.87. The Morgan fingerprint density at radius 3 is 2.26 bits per heavy atom. The van der Waals surface area contributed by atoms with Gasteiger partial charge in [-0.3, -0.25) is 0 Å². The van der Waals surface area contributed by atoms with Gasteiger partial charge in [0.2, 0.25) is 0 Å². The molecule has 0 unspecified atom stereocenters. The molecule has 118 valence electrons. The van der Waals surface area contributed by atoms with Crippen molar-refractivity contribution in [2.24, 2.45) is 0 Å². The van der Waals surface area contributed by atoms with Crippen LogP contribution in [0.4, 0.5) is 5.69 Å². The Hall–Kier alpha value is -2.28. The number of nitrogens with zero attached hydrogens (tertiary/aromatic N) is 1. The average molecular weight is 303 g/mol. The monoisotopic (exact) mass is 303 g/mol. The quantitative estimate of drug-likeness (QED) is 0.594. The Bertz CT molecular complexity index is 795. The molecule has 0 aromatic heterocycles. The fourth-order valence-electron chi connectivity index (χ4n) is 3.32. The molecular weight excluding hydrogens is 278 g/mol. The van der Waals surface area contributed by atoms with E-state index in [1.54, 1.807) is 0 Å². The normalized spacial score (nSPS) is 10.9. The van der Waals surface area contributed by atoms with Gasteiger partial charge in [0.15, 0.2) is 0 Å². The number of hydrogen-bond acceptors (Lipinski definition) is 1. The molecule has 0 aliphatic heterocycles. The molecular formula is C22H25N. The van der Waals surface area contributed by atoms with E-state index in [0.717, 1.165) is 19.5 Å². The van der Waals surface area contributed by atoms with Crippen molar-refractivity contribution >= 4 is 16.5 Å². The molecule has 0 aliphatic carbocycles. The molecule has 0 aliphatic rings. The lowest BCUT2D eigenvalue weighted by Gasteiger charge is -2.22. The largest absolute Gasteiger partial charge is 0.372 e. The Labute approximate surface area is 139 Å². The first kappa shape index (κ1) is 15.6. The Morgan fingerprint density at radius 2 is 1.52 bits per heavy atom. The van der Waals surface area contributed by atoms with E-state index < -0.39 is 0 Å². The Morgan fingerprint density at radius 1 is 0.783 bits per heavy atom.